The number of rotatable bonds is 5. The Balaban J connectivity index is 1.40. The van der Waals surface area contributed by atoms with Crippen LogP contribution in [0.4, 0.5) is 4.79 Å². The second-order valence-corrected chi connectivity index (χ2v) is 10.4. The molecular formula is C29H33NO6. The van der Waals surface area contributed by atoms with E-state index in [1.54, 1.807) is 13.0 Å². The first-order chi connectivity index (χ1) is 17.1. The maximum Gasteiger partial charge on any atom is 0.407 e. The van der Waals surface area contributed by atoms with Crippen LogP contribution < -0.4 is 15.7 Å². The highest BCUT2D eigenvalue weighted by atomic mass is 16.6. The van der Waals surface area contributed by atoms with Gasteiger partial charge in [0.05, 0.1) is 5.92 Å². The molecule has 0 saturated heterocycles. The third-order valence-corrected chi connectivity index (χ3v) is 6.52. The summed E-state index contributed by atoms with van der Waals surface area (Å²) in [6, 6.07) is 14.7. The summed E-state index contributed by atoms with van der Waals surface area (Å²) in [5, 5.41) is 3.61. The van der Waals surface area contributed by atoms with Gasteiger partial charge < -0.3 is 19.2 Å². The summed E-state index contributed by atoms with van der Waals surface area (Å²) in [6.07, 6.45) is 2.61. The van der Waals surface area contributed by atoms with E-state index in [2.05, 4.69) is 5.32 Å². The molecule has 1 aliphatic carbocycles. The van der Waals surface area contributed by atoms with E-state index in [0.717, 1.165) is 29.4 Å². The summed E-state index contributed by atoms with van der Waals surface area (Å²) < 4.78 is 16.6. The Morgan fingerprint density at radius 1 is 1.03 bits per heavy atom. The molecule has 2 aromatic carbocycles. The van der Waals surface area contributed by atoms with Crippen LogP contribution >= 0.6 is 0 Å². The number of carbonyl (C=O) groups is 2. The van der Waals surface area contributed by atoms with Crippen LogP contribution in [0, 0.1) is 18.8 Å². The Bertz CT molecular complexity index is 1300. The molecule has 7 heteroatoms. The van der Waals surface area contributed by atoms with Crippen molar-refractivity contribution < 1.29 is 23.5 Å². The molecule has 1 fully saturated rings. The molecule has 0 atom stereocenters. The second-order valence-electron chi connectivity index (χ2n) is 10.4. The van der Waals surface area contributed by atoms with Gasteiger partial charge in [-0.25, -0.2) is 9.59 Å². The maximum absolute atomic E-state index is 12.9. The summed E-state index contributed by atoms with van der Waals surface area (Å²) in [7, 11) is 0. The van der Waals surface area contributed by atoms with Crippen LogP contribution in [0.2, 0.25) is 0 Å². The van der Waals surface area contributed by atoms with E-state index in [1.165, 1.54) is 6.07 Å². The van der Waals surface area contributed by atoms with Crippen molar-refractivity contribution in [1.82, 2.24) is 5.32 Å². The van der Waals surface area contributed by atoms with Gasteiger partial charge in [-0.2, -0.15) is 0 Å². The minimum Gasteiger partial charge on any atom is -0.444 e. The number of carbonyl (C=O) groups excluding carboxylic acids is 2. The Kier molecular flexibility index (Phi) is 7.48. The van der Waals surface area contributed by atoms with Crippen LogP contribution in [-0.4, -0.2) is 24.2 Å². The summed E-state index contributed by atoms with van der Waals surface area (Å²) in [4.78, 5) is 37.1. The predicted octanol–water partition coefficient (Wildman–Crippen LogP) is 6.00. The lowest BCUT2D eigenvalue weighted by atomic mass is 9.82. The van der Waals surface area contributed by atoms with Gasteiger partial charge in [-0.3, -0.25) is 4.79 Å². The third-order valence-electron chi connectivity index (χ3n) is 6.52. The molecule has 4 rings (SSSR count). The highest BCUT2D eigenvalue weighted by Gasteiger charge is 2.29. The Morgan fingerprint density at radius 2 is 1.72 bits per heavy atom. The van der Waals surface area contributed by atoms with Crippen LogP contribution in [0.1, 0.15) is 52.0 Å². The zero-order chi connectivity index (χ0) is 25.9. The van der Waals surface area contributed by atoms with Gasteiger partial charge in [-0.15, -0.1) is 0 Å². The quantitative estimate of drug-likeness (QED) is 0.267. The maximum atomic E-state index is 12.9. The number of amides is 1. The first-order valence-electron chi connectivity index (χ1n) is 12.4. The summed E-state index contributed by atoms with van der Waals surface area (Å²) in [6.45, 7) is 7.81. The SMILES string of the molecule is Cc1c(OC(=O)C2CCC(CNC(=O)OC(C)(C)C)CC2)ccc2c(-c3ccccc3)cc(=O)oc12. The molecule has 1 amide bonds. The fourth-order valence-electron chi connectivity index (χ4n) is 4.65. The molecule has 190 valence electrons. The number of hydrogen-bond acceptors (Lipinski definition) is 6. The molecule has 1 aromatic heterocycles. The molecule has 0 aliphatic heterocycles. The molecule has 1 saturated carbocycles. The van der Waals surface area contributed by atoms with Crippen LogP contribution in [-0.2, 0) is 9.53 Å². The Labute approximate surface area is 210 Å². The zero-order valence-electron chi connectivity index (χ0n) is 21.3. The minimum absolute atomic E-state index is 0.208. The van der Waals surface area contributed by atoms with Crippen LogP contribution in [0.25, 0.3) is 22.1 Å². The highest BCUT2D eigenvalue weighted by Crippen LogP contribution is 2.35. The van der Waals surface area contributed by atoms with E-state index in [0.29, 0.717) is 42.2 Å². The van der Waals surface area contributed by atoms with Crippen molar-refractivity contribution in [2.75, 3.05) is 6.54 Å². The molecule has 7 nitrogen and oxygen atoms in total. The zero-order valence-corrected chi connectivity index (χ0v) is 21.3. The lowest BCUT2D eigenvalue weighted by Gasteiger charge is -2.28. The van der Waals surface area contributed by atoms with Gasteiger partial charge in [0.1, 0.15) is 16.9 Å². The van der Waals surface area contributed by atoms with Gasteiger partial charge in [0.2, 0.25) is 0 Å². The fourth-order valence-corrected chi connectivity index (χ4v) is 4.65. The Morgan fingerprint density at radius 3 is 2.39 bits per heavy atom. The number of fused-ring (bicyclic) bond motifs is 1. The van der Waals surface area contributed by atoms with Crippen molar-refractivity contribution in [2.45, 2.75) is 59.0 Å². The largest absolute Gasteiger partial charge is 0.444 e. The standard InChI is InChI=1S/C29H33NO6/c1-18-24(15-14-22-23(16-25(31)35-26(18)22)20-8-6-5-7-9-20)34-27(32)21-12-10-19(11-13-21)17-30-28(33)36-29(2,3)4/h5-9,14-16,19,21H,10-13,17H2,1-4H3,(H,30,33). The van der Waals surface area contributed by atoms with Crippen molar-refractivity contribution in [3.05, 3.63) is 64.5 Å². The average molecular weight is 492 g/mol. The molecular weight excluding hydrogens is 458 g/mol. The second kappa shape index (κ2) is 10.6. The minimum atomic E-state index is -0.530. The van der Waals surface area contributed by atoms with E-state index in [9.17, 15) is 14.4 Å². The first-order valence-corrected chi connectivity index (χ1v) is 12.4. The number of esters is 1. The molecule has 0 radical (unpaired) electrons. The van der Waals surface area contributed by atoms with Gasteiger partial charge in [-0.1, -0.05) is 30.3 Å². The van der Waals surface area contributed by atoms with E-state index in [-0.39, 0.29) is 11.9 Å². The number of ether oxygens (including phenoxy) is 2. The molecule has 3 aromatic rings. The van der Waals surface area contributed by atoms with E-state index in [1.807, 2.05) is 57.2 Å². The van der Waals surface area contributed by atoms with Gasteiger partial charge in [0.15, 0.2) is 0 Å². The van der Waals surface area contributed by atoms with Crippen molar-refractivity contribution in [1.29, 1.82) is 0 Å². The van der Waals surface area contributed by atoms with Crippen LogP contribution in [0.15, 0.2) is 57.7 Å². The van der Waals surface area contributed by atoms with Crippen molar-refractivity contribution in [3.8, 4) is 16.9 Å². The van der Waals surface area contributed by atoms with Crippen molar-refractivity contribution in [3.63, 3.8) is 0 Å². The normalized spacial score (nSPS) is 18.0. The predicted molar refractivity (Wildman–Crippen MR) is 138 cm³/mol. The number of hydrogen-bond donors (Lipinski definition) is 1. The number of alkyl carbamates (subject to hydrolysis) is 1. The molecule has 1 heterocycles. The average Bonchev–Trinajstić information content (AvgIpc) is 2.84. The first kappa shape index (κ1) is 25.5. The summed E-state index contributed by atoms with van der Waals surface area (Å²) in [5.41, 5.74) is 1.75. The van der Waals surface area contributed by atoms with Gasteiger partial charge in [0, 0.05) is 23.6 Å². The van der Waals surface area contributed by atoms with E-state index >= 15 is 0 Å². The molecule has 0 bridgehead atoms. The van der Waals surface area contributed by atoms with Crippen molar-refractivity contribution in [2.24, 2.45) is 11.8 Å². The molecule has 1 aliphatic rings. The lowest BCUT2D eigenvalue weighted by Crippen LogP contribution is -2.36. The van der Waals surface area contributed by atoms with Crippen LogP contribution in [0.5, 0.6) is 5.75 Å². The van der Waals surface area contributed by atoms with Gasteiger partial charge in [0.25, 0.3) is 0 Å². The Hall–Kier alpha value is -3.61. The third kappa shape index (κ3) is 6.14. The topological polar surface area (TPSA) is 94.8 Å². The van der Waals surface area contributed by atoms with Gasteiger partial charge >= 0.3 is 17.7 Å². The van der Waals surface area contributed by atoms with Crippen LogP contribution in [0.3, 0.4) is 0 Å². The van der Waals surface area contributed by atoms with Gasteiger partial charge in [-0.05, 0) is 82.6 Å². The van der Waals surface area contributed by atoms with E-state index < -0.39 is 17.3 Å². The van der Waals surface area contributed by atoms with E-state index in [4.69, 9.17) is 13.9 Å². The van der Waals surface area contributed by atoms with Crippen molar-refractivity contribution >= 4 is 23.0 Å². The number of aryl methyl sites for hydroxylation is 1. The monoisotopic (exact) mass is 491 g/mol. The number of benzene rings is 2. The summed E-state index contributed by atoms with van der Waals surface area (Å²) >= 11 is 0. The smallest absolute Gasteiger partial charge is 0.407 e. The molecule has 0 unspecified atom stereocenters. The molecule has 0 spiro atoms. The summed E-state index contributed by atoms with van der Waals surface area (Å²) in [5.74, 6) is 0.210. The molecule has 36 heavy (non-hydrogen) atoms. The molecule has 1 N–H and O–H groups in total. The fraction of sp³-hybridized carbons (Fsp3) is 0.414. The highest BCUT2D eigenvalue weighted by molar-refractivity contribution is 5.96. The number of nitrogens with one attached hydrogen (secondary N) is 1. The lowest BCUT2D eigenvalue weighted by molar-refractivity contribution is -0.140.